The zero-order valence-electron chi connectivity index (χ0n) is 10.4. The summed E-state index contributed by atoms with van der Waals surface area (Å²) in [6, 6.07) is 6.76. The summed E-state index contributed by atoms with van der Waals surface area (Å²) in [6.07, 6.45) is 0. The zero-order chi connectivity index (χ0) is 13.1. The molecule has 0 radical (unpaired) electrons. The minimum Gasteiger partial charge on any atom is -0.404 e. The van der Waals surface area contributed by atoms with Crippen LogP contribution in [0.25, 0.3) is 0 Å². The minimum absolute atomic E-state index is 0.0405. The number of hydrogen-bond acceptors (Lipinski definition) is 4. The molecule has 2 N–H and O–H groups in total. The van der Waals surface area contributed by atoms with Gasteiger partial charge in [-0.3, -0.25) is 9.42 Å². The van der Waals surface area contributed by atoms with Crippen LogP contribution >= 0.6 is 7.82 Å². The third kappa shape index (κ3) is 5.22. The average molecular weight is 259 g/mol. The van der Waals surface area contributed by atoms with E-state index in [0.29, 0.717) is 0 Å². The first-order chi connectivity index (χ1) is 7.72. The number of hydrogen-bond donors (Lipinski definition) is 2. The molecule has 96 valence electrons. The topological polar surface area (TPSA) is 67.8 Å². The average Bonchev–Trinajstić information content (AvgIpc) is 2.19. The molecule has 1 rings (SSSR count). The minimum atomic E-state index is -3.97. The van der Waals surface area contributed by atoms with Crippen LogP contribution in [0.5, 0.6) is 5.75 Å². The van der Waals surface area contributed by atoms with Gasteiger partial charge in [-0.05, 0) is 45.0 Å². The Hall–Kier alpha value is -1.03. The fourth-order valence-corrected chi connectivity index (χ4v) is 1.67. The van der Waals surface area contributed by atoms with Crippen molar-refractivity contribution in [1.29, 1.82) is 0 Å². The molecule has 1 unspecified atom stereocenters. The Morgan fingerprint density at radius 1 is 1.24 bits per heavy atom. The normalized spacial score (nSPS) is 15.1. The van der Waals surface area contributed by atoms with Crippen LogP contribution < -0.4 is 9.84 Å². The van der Waals surface area contributed by atoms with Gasteiger partial charge in [0, 0.05) is 18.3 Å². The van der Waals surface area contributed by atoms with Crippen molar-refractivity contribution < 1.29 is 18.5 Å². The van der Waals surface area contributed by atoms with E-state index in [1.165, 1.54) is 0 Å². The second kappa shape index (κ2) is 5.08. The van der Waals surface area contributed by atoms with Crippen LogP contribution in [0.2, 0.25) is 0 Å². The highest BCUT2D eigenvalue weighted by atomic mass is 31.2. The first-order valence-corrected chi connectivity index (χ1v) is 6.68. The summed E-state index contributed by atoms with van der Waals surface area (Å²) in [7, 11) is -2.85. The van der Waals surface area contributed by atoms with Gasteiger partial charge in [-0.2, -0.15) is 0 Å². The number of benzene rings is 1. The van der Waals surface area contributed by atoms with Crippen LogP contribution in [0.1, 0.15) is 20.8 Å². The van der Waals surface area contributed by atoms with E-state index in [1.807, 2.05) is 20.8 Å². The summed E-state index contributed by atoms with van der Waals surface area (Å²) >= 11 is 0. The van der Waals surface area contributed by atoms with E-state index in [1.54, 1.807) is 24.3 Å². The summed E-state index contributed by atoms with van der Waals surface area (Å²) in [5.74, 6) is 0.289. The molecule has 1 atom stereocenters. The molecule has 0 fully saturated rings. The van der Waals surface area contributed by atoms with E-state index < -0.39 is 7.82 Å². The molecule has 0 saturated carbocycles. The fraction of sp³-hybridized carbons (Fsp3) is 0.455. The van der Waals surface area contributed by atoms with Gasteiger partial charge >= 0.3 is 7.82 Å². The molecule has 6 heteroatoms. The molecular formula is C11H18NO4P. The van der Waals surface area contributed by atoms with Crippen molar-refractivity contribution in [1.82, 2.24) is 0 Å². The van der Waals surface area contributed by atoms with Gasteiger partial charge in [-0.25, -0.2) is 4.57 Å². The molecule has 0 aromatic heterocycles. The highest BCUT2D eigenvalue weighted by molar-refractivity contribution is 7.47. The van der Waals surface area contributed by atoms with Gasteiger partial charge in [0.05, 0.1) is 0 Å². The summed E-state index contributed by atoms with van der Waals surface area (Å²) in [5.41, 5.74) is 0.872. The number of phosphoric ester groups is 1. The Labute approximate surface area is 101 Å². The molecular weight excluding hydrogens is 241 g/mol. The van der Waals surface area contributed by atoms with Crippen molar-refractivity contribution in [2.75, 3.05) is 12.4 Å². The Kier molecular flexibility index (Phi) is 4.20. The maximum atomic E-state index is 11.2. The first kappa shape index (κ1) is 14.0. The van der Waals surface area contributed by atoms with Crippen molar-refractivity contribution >= 4 is 13.5 Å². The van der Waals surface area contributed by atoms with E-state index in [4.69, 9.17) is 9.42 Å². The molecule has 0 aliphatic carbocycles. The Morgan fingerprint density at radius 3 is 2.18 bits per heavy atom. The third-order valence-corrected chi connectivity index (χ3v) is 2.73. The van der Waals surface area contributed by atoms with Crippen molar-refractivity contribution in [3.8, 4) is 5.75 Å². The predicted octanol–water partition coefficient (Wildman–Crippen LogP) is 3.02. The van der Waals surface area contributed by atoms with Crippen molar-refractivity contribution in [2.45, 2.75) is 26.3 Å². The lowest BCUT2D eigenvalue weighted by molar-refractivity contribution is 0.243. The van der Waals surface area contributed by atoms with Gasteiger partial charge in [0.25, 0.3) is 0 Å². The quantitative estimate of drug-likeness (QED) is 0.813. The maximum Gasteiger partial charge on any atom is 0.527 e. The maximum absolute atomic E-state index is 11.2. The number of nitrogens with one attached hydrogen (secondary N) is 1. The van der Waals surface area contributed by atoms with Gasteiger partial charge in [-0.1, -0.05) is 0 Å². The van der Waals surface area contributed by atoms with Crippen LogP contribution in [0.3, 0.4) is 0 Å². The summed E-state index contributed by atoms with van der Waals surface area (Å²) in [4.78, 5) is 9.13. The van der Waals surface area contributed by atoms with Crippen LogP contribution in [0.4, 0.5) is 5.69 Å². The van der Waals surface area contributed by atoms with E-state index in [2.05, 4.69) is 9.84 Å². The monoisotopic (exact) mass is 259 g/mol. The van der Waals surface area contributed by atoms with Crippen molar-refractivity contribution in [2.24, 2.45) is 0 Å². The lowest BCUT2D eigenvalue weighted by Crippen LogP contribution is -2.25. The highest BCUT2D eigenvalue weighted by Crippen LogP contribution is 2.42. The fourth-order valence-electron chi connectivity index (χ4n) is 1.20. The van der Waals surface area contributed by atoms with Crippen LogP contribution in [0, 0.1) is 0 Å². The van der Waals surface area contributed by atoms with E-state index in [9.17, 15) is 4.57 Å². The lowest BCUT2D eigenvalue weighted by Gasteiger charge is -2.22. The molecule has 0 aliphatic rings. The van der Waals surface area contributed by atoms with Gasteiger partial charge in [0.1, 0.15) is 5.75 Å². The molecule has 0 saturated heterocycles. The first-order valence-electron chi connectivity index (χ1n) is 5.18. The molecule has 0 aliphatic heterocycles. The van der Waals surface area contributed by atoms with Crippen LogP contribution in [-0.4, -0.2) is 17.5 Å². The predicted molar refractivity (Wildman–Crippen MR) is 67.3 cm³/mol. The Bertz CT molecular complexity index is 410. The molecule has 0 heterocycles. The summed E-state index contributed by atoms with van der Waals surface area (Å²) in [5, 5.41) is 3.27. The van der Waals surface area contributed by atoms with Gasteiger partial charge in [0.15, 0.2) is 0 Å². The van der Waals surface area contributed by atoms with E-state index >= 15 is 0 Å². The van der Waals surface area contributed by atoms with E-state index in [-0.39, 0.29) is 11.3 Å². The molecule has 0 spiro atoms. The molecule has 5 nitrogen and oxygen atoms in total. The van der Waals surface area contributed by atoms with Gasteiger partial charge < -0.3 is 9.84 Å². The molecule has 1 aromatic rings. The number of rotatable bonds is 4. The highest BCUT2D eigenvalue weighted by Gasteiger charge is 2.20. The Morgan fingerprint density at radius 2 is 1.76 bits per heavy atom. The van der Waals surface area contributed by atoms with Gasteiger partial charge in [0.2, 0.25) is 0 Å². The largest absolute Gasteiger partial charge is 0.527 e. The summed E-state index contributed by atoms with van der Waals surface area (Å²) < 4.78 is 20.3. The Balaban J connectivity index is 2.72. The standard InChI is InChI=1S/C11H18NO4P/c1-11(2,3)12-9-5-7-10(8-6-9)16-17(13,14)15-4/h5-8,12H,1-4H3,(H,13,14). The van der Waals surface area contributed by atoms with Crippen molar-refractivity contribution in [3.63, 3.8) is 0 Å². The van der Waals surface area contributed by atoms with E-state index in [0.717, 1.165) is 12.8 Å². The molecule has 17 heavy (non-hydrogen) atoms. The lowest BCUT2D eigenvalue weighted by atomic mass is 10.1. The SMILES string of the molecule is COP(=O)(O)Oc1ccc(NC(C)(C)C)cc1. The second-order valence-corrected chi connectivity index (χ2v) is 6.13. The molecule has 0 bridgehead atoms. The summed E-state index contributed by atoms with van der Waals surface area (Å²) in [6.45, 7) is 6.14. The zero-order valence-corrected chi connectivity index (χ0v) is 11.3. The second-order valence-electron chi connectivity index (χ2n) is 4.64. The third-order valence-electron chi connectivity index (χ3n) is 1.83. The van der Waals surface area contributed by atoms with Crippen molar-refractivity contribution in [3.05, 3.63) is 24.3 Å². The number of phosphoric acid groups is 1. The molecule has 1 aromatic carbocycles. The smallest absolute Gasteiger partial charge is 0.404 e. The number of anilines is 1. The van der Waals surface area contributed by atoms with Crippen LogP contribution in [0.15, 0.2) is 24.3 Å². The van der Waals surface area contributed by atoms with Crippen LogP contribution in [-0.2, 0) is 9.09 Å². The molecule has 0 amide bonds. The van der Waals surface area contributed by atoms with Gasteiger partial charge in [-0.15, -0.1) is 0 Å².